The molecule has 9 nitrogen and oxygen atoms in total. The Morgan fingerprint density at radius 1 is 0.953 bits per heavy atom. The van der Waals surface area contributed by atoms with Gasteiger partial charge < -0.3 is 20.0 Å². The first kappa shape index (κ1) is 36.8. The molecule has 2 fully saturated rings. The lowest BCUT2D eigenvalue weighted by molar-refractivity contribution is -0.142. The lowest BCUT2D eigenvalue weighted by Crippen LogP contribution is -2.60. The molecular weight excluding hydrogens is 542 g/mol. The van der Waals surface area contributed by atoms with Crippen LogP contribution in [-0.4, -0.2) is 107 Å². The molecule has 246 valence electrons. The van der Waals surface area contributed by atoms with Crippen molar-refractivity contribution in [3.63, 3.8) is 0 Å². The molecule has 2 aliphatic rings. The minimum Gasteiger partial charge on any atom is -0.344 e. The SMILES string of the molecule is CCCCN(C)C(=O)[C@@H]1CCCN1C(=O)/C(C)=C/[C@H](C(C)C)N(C)C(=O)[C@@H](NC(=O)C1CCCCN1C(C)C)C(C)(C)C. The van der Waals surface area contributed by atoms with E-state index in [-0.39, 0.29) is 47.7 Å². The monoisotopic (exact) mass is 603 g/mol. The zero-order chi connectivity index (χ0) is 32.6. The fourth-order valence-electron chi connectivity index (χ4n) is 6.42. The van der Waals surface area contributed by atoms with Gasteiger partial charge in [0.15, 0.2) is 0 Å². The molecule has 2 aliphatic heterocycles. The largest absolute Gasteiger partial charge is 0.344 e. The summed E-state index contributed by atoms with van der Waals surface area (Å²) in [6, 6.07) is -1.51. The number of carbonyl (C=O) groups excluding carboxylic acids is 4. The van der Waals surface area contributed by atoms with Crippen LogP contribution in [0, 0.1) is 11.3 Å². The van der Waals surface area contributed by atoms with Crippen molar-refractivity contribution in [1.82, 2.24) is 24.9 Å². The molecule has 0 aromatic rings. The Morgan fingerprint density at radius 2 is 1.58 bits per heavy atom. The van der Waals surface area contributed by atoms with Gasteiger partial charge >= 0.3 is 0 Å². The van der Waals surface area contributed by atoms with Crippen LogP contribution in [0.25, 0.3) is 0 Å². The number of nitrogens with zero attached hydrogens (tertiary/aromatic N) is 4. The number of likely N-dealkylation sites (N-methyl/N-ethyl adjacent to an activating group) is 2. The highest BCUT2D eigenvalue weighted by atomic mass is 16.2. The van der Waals surface area contributed by atoms with Crippen molar-refractivity contribution in [2.75, 3.05) is 33.7 Å². The van der Waals surface area contributed by atoms with Crippen molar-refractivity contribution >= 4 is 23.6 Å². The molecule has 0 aliphatic carbocycles. The molecule has 0 spiro atoms. The maximum atomic E-state index is 14.1. The van der Waals surface area contributed by atoms with Crippen LogP contribution in [0.2, 0.25) is 0 Å². The second-order valence-electron chi connectivity index (χ2n) is 14.5. The van der Waals surface area contributed by atoms with Crippen molar-refractivity contribution in [2.45, 2.75) is 137 Å². The normalized spacial score (nSPS) is 21.6. The number of carbonyl (C=O) groups is 4. The minimum atomic E-state index is -0.717. The van der Waals surface area contributed by atoms with Gasteiger partial charge in [-0.3, -0.25) is 24.1 Å². The lowest BCUT2D eigenvalue weighted by Gasteiger charge is -2.41. The van der Waals surface area contributed by atoms with Crippen molar-refractivity contribution in [1.29, 1.82) is 0 Å². The Kier molecular flexibility index (Phi) is 13.7. The minimum absolute atomic E-state index is 0.00226. The van der Waals surface area contributed by atoms with E-state index in [4.69, 9.17) is 0 Å². The van der Waals surface area contributed by atoms with E-state index < -0.39 is 17.5 Å². The zero-order valence-electron chi connectivity index (χ0n) is 29.0. The highest BCUT2D eigenvalue weighted by Crippen LogP contribution is 2.27. The molecule has 4 amide bonds. The van der Waals surface area contributed by atoms with E-state index in [0.717, 1.165) is 45.1 Å². The lowest BCUT2D eigenvalue weighted by atomic mass is 9.84. The van der Waals surface area contributed by atoms with Crippen LogP contribution >= 0.6 is 0 Å². The Labute approximate surface area is 261 Å². The molecule has 2 heterocycles. The molecule has 0 saturated carbocycles. The van der Waals surface area contributed by atoms with Gasteiger partial charge in [0.05, 0.1) is 12.1 Å². The van der Waals surface area contributed by atoms with Gasteiger partial charge in [-0.25, -0.2) is 0 Å². The van der Waals surface area contributed by atoms with Crippen LogP contribution in [0.4, 0.5) is 0 Å². The summed E-state index contributed by atoms with van der Waals surface area (Å²) in [5.74, 6) is -0.393. The molecule has 1 N–H and O–H groups in total. The molecule has 2 rings (SSSR count). The topological polar surface area (TPSA) is 93.3 Å². The maximum Gasteiger partial charge on any atom is 0.249 e. The fourth-order valence-corrected chi connectivity index (χ4v) is 6.42. The smallest absolute Gasteiger partial charge is 0.249 e. The number of likely N-dealkylation sites (tertiary alicyclic amines) is 2. The molecule has 43 heavy (non-hydrogen) atoms. The van der Waals surface area contributed by atoms with Crippen molar-refractivity contribution in [3.8, 4) is 0 Å². The van der Waals surface area contributed by atoms with Crippen LogP contribution in [0.3, 0.4) is 0 Å². The second-order valence-corrected chi connectivity index (χ2v) is 14.5. The van der Waals surface area contributed by atoms with Crippen LogP contribution in [0.5, 0.6) is 0 Å². The molecule has 0 bridgehead atoms. The molecule has 0 aromatic carbocycles. The van der Waals surface area contributed by atoms with Gasteiger partial charge in [-0.15, -0.1) is 0 Å². The van der Waals surface area contributed by atoms with E-state index in [1.807, 2.05) is 47.7 Å². The van der Waals surface area contributed by atoms with E-state index in [2.05, 4.69) is 31.0 Å². The maximum absolute atomic E-state index is 14.1. The molecule has 0 aromatic heterocycles. The Hall–Kier alpha value is -2.42. The highest BCUT2D eigenvalue weighted by Gasteiger charge is 2.40. The number of hydrogen-bond acceptors (Lipinski definition) is 5. The summed E-state index contributed by atoms with van der Waals surface area (Å²) >= 11 is 0. The summed E-state index contributed by atoms with van der Waals surface area (Å²) in [5.41, 5.74) is 0.0156. The number of piperidine rings is 1. The predicted octanol–water partition coefficient (Wildman–Crippen LogP) is 4.46. The number of unbranched alkanes of at least 4 members (excludes halogenated alkanes) is 1. The first-order chi connectivity index (χ1) is 20.0. The van der Waals surface area contributed by atoms with Gasteiger partial charge in [-0.2, -0.15) is 0 Å². The second kappa shape index (κ2) is 16.1. The van der Waals surface area contributed by atoms with Crippen molar-refractivity contribution in [2.24, 2.45) is 11.3 Å². The number of hydrogen-bond donors (Lipinski definition) is 1. The summed E-state index contributed by atoms with van der Waals surface area (Å²) in [6.45, 7) is 20.2. The first-order valence-electron chi connectivity index (χ1n) is 16.6. The molecule has 2 saturated heterocycles. The van der Waals surface area contributed by atoms with Crippen LogP contribution < -0.4 is 5.32 Å². The summed E-state index contributed by atoms with van der Waals surface area (Å²) in [7, 11) is 3.58. The Bertz CT molecular complexity index is 1000. The van der Waals surface area contributed by atoms with Gasteiger partial charge in [0, 0.05) is 38.8 Å². The van der Waals surface area contributed by atoms with E-state index in [9.17, 15) is 19.2 Å². The quantitative estimate of drug-likeness (QED) is 0.333. The zero-order valence-corrected chi connectivity index (χ0v) is 29.0. The first-order valence-corrected chi connectivity index (χ1v) is 16.6. The number of nitrogens with one attached hydrogen (secondary N) is 1. The van der Waals surface area contributed by atoms with Crippen LogP contribution in [0.15, 0.2) is 11.6 Å². The van der Waals surface area contributed by atoms with Gasteiger partial charge in [0.2, 0.25) is 23.6 Å². The van der Waals surface area contributed by atoms with Crippen LogP contribution in [0.1, 0.15) is 107 Å². The standard InChI is InChI=1S/C34H61N5O4/c1-12-13-19-36(10)32(42)27-18-16-21-39(27)31(41)25(6)22-28(23(2)3)37(11)33(43)29(34(7,8)9)35-30(40)26-17-14-15-20-38(26)24(4)5/h22-24,26-29H,12-21H2,1-11H3,(H,35,40)/b25-22+/t26?,27-,28+,29+/m0/s1. The van der Waals surface area contributed by atoms with Crippen molar-refractivity contribution in [3.05, 3.63) is 11.6 Å². The summed E-state index contributed by atoms with van der Waals surface area (Å²) in [5, 5.41) is 3.14. The van der Waals surface area contributed by atoms with E-state index >= 15 is 0 Å². The summed E-state index contributed by atoms with van der Waals surface area (Å²) in [6.07, 6.45) is 8.15. The molecule has 9 heteroatoms. The molecular formula is C34H61N5O4. The highest BCUT2D eigenvalue weighted by molar-refractivity contribution is 5.97. The van der Waals surface area contributed by atoms with Gasteiger partial charge in [-0.1, -0.05) is 60.5 Å². The van der Waals surface area contributed by atoms with Crippen molar-refractivity contribution < 1.29 is 19.2 Å². The average molecular weight is 604 g/mol. The molecule has 0 radical (unpaired) electrons. The third-order valence-electron chi connectivity index (χ3n) is 9.17. The Balaban J connectivity index is 2.26. The number of rotatable bonds is 12. The average Bonchev–Trinajstić information content (AvgIpc) is 3.44. The van der Waals surface area contributed by atoms with E-state index in [1.54, 1.807) is 28.7 Å². The van der Waals surface area contributed by atoms with Gasteiger partial charge in [-0.05, 0) is 70.8 Å². The van der Waals surface area contributed by atoms with Gasteiger partial charge in [0.1, 0.15) is 12.1 Å². The molecule has 4 atom stereocenters. The van der Waals surface area contributed by atoms with Gasteiger partial charge in [0.25, 0.3) is 0 Å². The predicted molar refractivity (Wildman–Crippen MR) is 173 cm³/mol. The van der Waals surface area contributed by atoms with E-state index in [1.165, 1.54) is 0 Å². The fraction of sp³-hybridized carbons (Fsp3) is 0.824. The van der Waals surface area contributed by atoms with Crippen LogP contribution in [-0.2, 0) is 19.2 Å². The number of amides is 4. The molecule has 1 unspecified atom stereocenters. The summed E-state index contributed by atoms with van der Waals surface area (Å²) < 4.78 is 0. The summed E-state index contributed by atoms with van der Waals surface area (Å²) in [4.78, 5) is 61.9. The third-order valence-corrected chi connectivity index (χ3v) is 9.17. The Morgan fingerprint density at radius 3 is 2.14 bits per heavy atom. The van der Waals surface area contributed by atoms with E-state index in [0.29, 0.717) is 25.1 Å². The third kappa shape index (κ3) is 9.53.